The van der Waals surface area contributed by atoms with Crippen molar-refractivity contribution in [3.05, 3.63) is 59.7 Å². The minimum Gasteiger partial charge on any atom is -0.406 e. The Kier molecular flexibility index (Phi) is 4.39. The van der Waals surface area contributed by atoms with E-state index in [1.807, 2.05) is 0 Å². The standard InChI is InChI=1S/C17H10F5NO3/c18-10-5-9(6-11(19)7-10)14-8-15(24)16(25)23(14)12-1-3-13(4-2-12)26-17(20,21)22/h1-7,14H,8H2. The normalized spacial score (nSPS) is 17.7. The van der Waals surface area contributed by atoms with Crippen molar-refractivity contribution in [2.24, 2.45) is 0 Å². The second kappa shape index (κ2) is 6.40. The van der Waals surface area contributed by atoms with Gasteiger partial charge in [-0.05, 0) is 42.0 Å². The smallest absolute Gasteiger partial charge is 0.406 e. The first-order valence-electron chi connectivity index (χ1n) is 7.32. The summed E-state index contributed by atoms with van der Waals surface area (Å²) in [5, 5.41) is 0. The van der Waals surface area contributed by atoms with E-state index in [0.717, 1.165) is 41.3 Å². The Morgan fingerprint density at radius 2 is 1.54 bits per heavy atom. The lowest BCUT2D eigenvalue weighted by Crippen LogP contribution is -2.29. The molecule has 1 aliphatic heterocycles. The number of halogens is 5. The van der Waals surface area contributed by atoms with Crippen LogP contribution in [0, 0.1) is 11.6 Å². The third-order valence-corrected chi connectivity index (χ3v) is 3.77. The summed E-state index contributed by atoms with van der Waals surface area (Å²) in [7, 11) is 0. The molecule has 3 rings (SSSR count). The molecule has 0 radical (unpaired) electrons. The summed E-state index contributed by atoms with van der Waals surface area (Å²) in [4.78, 5) is 25.0. The van der Waals surface area contributed by atoms with Gasteiger partial charge in [0.25, 0.3) is 5.91 Å². The highest BCUT2D eigenvalue weighted by Gasteiger charge is 2.40. The first kappa shape index (κ1) is 17.8. The minimum atomic E-state index is -4.87. The van der Waals surface area contributed by atoms with E-state index >= 15 is 0 Å². The van der Waals surface area contributed by atoms with Gasteiger partial charge in [-0.2, -0.15) is 0 Å². The summed E-state index contributed by atoms with van der Waals surface area (Å²) in [6, 6.07) is 5.93. The van der Waals surface area contributed by atoms with Crippen LogP contribution in [0.4, 0.5) is 27.6 Å². The molecular formula is C17H10F5NO3. The predicted octanol–water partition coefficient (Wildman–Crippen LogP) is 3.91. The van der Waals surface area contributed by atoms with Gasteiger partial charge in [0, 0.05) is 18.2 Å². The maximum atomic E-state index is 13.5. The Morgan fingerprint density at radius 3 is 2.08 bits per heavy atom. The van der Waals surface area contributed by atoms with Crippen molar-refractivity contribution in [3.63, 3.8) is 0 Å². The molecule has 1 amide bonds. The molecule has 0 aliphatic carbocycles. The number of nitrogens with zero attached hydrogens (tertiary/aromatic N) is 1. The Labute approximate surface area is 143 Å². The number of carbonyl (C=O) groups is 2. The van der Waals surface area contributed by atoms with E-state index < -0.39 is 41.5 Å². The largest absolute Gasteiger partial charge is 0.573 e. The summed E-state index contributed by atoms with van der Waals surface area (Å²) in [6.07, 6.45) is -5.18. The van der Waals surface area contributed by atoms with Crippen LogP contribution in [-0.2, 0) is 9.59 Å². The van der Waals surface area contributed by atoms with Crippen LogP contribution < -0.4 is 9.64 Å². The van der Waals surface area contributed by atoms with E-state index in [4.69, 9.17) is 0 Å². The number of ether oxygens (including phenoxy) is 1. The fourth-order valence-corrected chi connectivity index (χ4v) is 2.77. The number of amides is 1. The number of benzene rings is 2. The molecule has 0 aromatic heterocycles. The lowest BCUT2D eigenvalue weighted by Gasteiger charge is -2.24. The summed E-state index contributed by atoms with van der Waals surface area (Å²) in [6.45, 7) is 0. The zero-order valence-corrected chi connectivity index (χ0v) is 12.9. The number of anilines is 1. The molecule has 1 saturated heterocycles. The summed E-state index contributed by atoms with van der Waals surface area (Å²) >= 11 is 0. The highest BCUT2D eigenvalue weighted by molar-refractivity contribution is 6.44. The van der Waals surface area contributed by atoms with Crippen LogP contribution in [0.15, 0.2) is 42.5 Å². The zero-order valence-electron chi connectivity index (χ0n) is 12.9. The molecule has 0 saturated carbocycles. The van der Waals surface area contributed by atoms with Crippen LogP contribution in [0.2, 0.25) is 0 Å². The molecule has 1 heterocycles. The molecule has 1 unspecified atom stereocenters. The number of hydrogen-bond donors (Lipinski definition) is 0. The fraction of sp³-hybridized carbons (Fsp3) is 0.176. The number of alkyl halides is 3. The first-order chi connectivity index (χ1) is 12.1. The van der Waals surface area contributed by atoms with Crippen LogP contribution in [0.3, 0.4) is 0 Å². The average molecular weight is 371 g/mol. The van der Waals surface area contributed by atoms with Gasteiger partial charge in [-0.3, -0.25) is 14.5 Å². The van der Waals surface area contributed by atoms with E-state index in [1.165, 1.54) is 0 Å². The van der Waals surface area contributed by atoms with Gasteiger partial charge >= 0.3 is 6.36 Å². The van der Waals surface area contributed by atoms with Crippen molar-refractivity contribution in [2.45, 2.75) is 18.8 Å². The summed E-state index contributed by atoms with van der Waals surface area (Å²) in [5.41, 5.74) is 0.169. The van der Waals surface area contributed by atoms with E-state index in [1.54, 1.807) is 0 Å². The predicted molar refractivity (Wildman–Crippen MR) is 79.3 cm³/mol. The molecule has 1 aliphatic rings. The van der Waals surface area contributed by atoms with Crippen molar-refractivity contribution in [1.29, 1.82) is 0 Å². The van der Waals surface area contributed by atoms with Crippen molar-refractivity contribution in [1.82, 2.24) is 0 Å². The van der Waals surface area contributed by atoms with Crippen LogP contribution in [0.1, 0.15) is 18.0 Å². The summed E-state index contributed by atoms with van der Waals surface area (Å²) < 4.78 is 67.3. The van der Waals surface area contributed by atoms with Crippen molar-refractivity contribution >= 4 is 17.4 Å². The van der Waals surface area contributed by atoms with Crippen LogP contribution in [0.25, 0.3) is 0 Å². The van der Waals surface area contributed by atoms with E-state index in [2.05, 4.69) is 4.74 Å². The van der Waals surface area contributed by atoms with E-state index in [0.29, 0.717) is 6.07 Å². The first-order valence-corrected chi connectivity index (χ1v) is 7.32. The van der Waals surface area contributed by atoms with Gasteiger partial charge in [-0.1, -0.05) is 0 Å². The van der Waals surface area contributed by atoms with E-state index in [9.17, 15) is 31.5 Å². The molecule has 1 atom stereocenters. The molecule has 1 fully saturated rings. The Bertz CT molecular complexity index is 843. The topological polar surface area (TPSA) is 46.6 Å². The number of hydrogen-bond acceptors (Lipinski definition) is 3. The van der Waals surface area contributed by atoms with Gasteiger partial charge in [-0.15, -0.1) is 13.2 Å². The highest BCUT2D eigenvalue weighted by atomic mass is 19.4. The molecule has 4 nitrogen and oxygen atoms in total. The highest BCUT2D eigenvalue weighted by Crippen LogP contribution is 2.37. The summed E-state index contributed by atoms with van der Waals surface area (Å²) in [5.74, 6) is -3.94. The van der Waals surface area contributed by atoms with Gasteiger partial charge in [0.1, 0.15) is 17.4 Å². The lowest BCUT2D eigenvalue weighted by atomic mass is 10.0. The number of ketones is 1. The lowest BCUT2D eigenvalue weighted by molar-refractivity contribution is -0.274. The molecular weight excluding hydrogens is 361 g/mol. The molecule has 0 bridgehead atoms. The minimum absolute atomic E-state index is 0.0670. The number of carbonyl (C=O) groups excluding carboxylic acids is 2. The van der Waals surface area contributed by atoms with E-state index in [-0.39, 0.29) is 17.7 Å². The van der Waals surface area contributed by atoms with Gasteiger partial charge in [-0.25, -0.2) is 8.78 Å². The molecule has 2 aromatic rings. The van der Waals surface area contributed by atoms with Crippen molar-refractivity contribution < 1.29 is 36.3 Å². The van der Waals surface area contributed by atoms with Gasteiger partial charge in [0.15, 0.2) is 0 Å². The van der Waals surface area contributed by atoms with Crippen LogP contribution in [0.5, 0.6) is 5.75 Å². The molecule has 0 N–H and O–H groups in total. The van der Waals surface area contributed by atoms with Crippen LogP contribution >= 0.6 is 0 Å². The second-order valence-electron chi connectivity index (χ2n) is 5.56. The average Bonchev–Trinajstić information content (AvgIpc) is 2.81. The third kappa shape index (κ3) is 3.66. The number of Topliss-reactive ketones (excluding diaryl/α,β-unsaturated/α-hetero) is 1. The molecule has 26 heavy (non-hydrogen) atoms. The fourth-order valence-electron chi connectivity index (χ4n) is 2.77. The Balaban J connectivity index is 1.95. The van der Waals surface area contributed by atoms with Gasteiger partial charge < -0.3 is 4.74 Å². The molecule has 2 aromatic carbocycles. The van der Waals surface area contributed by atoms with Crippen molar-refractivity contribution in [2.75, 3.05) is 4.90 Å². The maximum absolute atomic E-state index is 13.5. The van der Waals surface area contributed by atoms with Gasteiger partial charge in [0.05, 0.1) is 6.04 Å². The monoisotopic (exact) mass is 371 g/mol. The Morgan fingerprint density at radius 1 is 0.962 bits per heavy atom. The SMILES string of the molecule is O=C1CC(c2cc(F)cc(F)c2)N(c2ccc(OC(F)(F)F)cc2)C1=O. The van der Waals surface area contributed by atoms with Crippen LogP contribution in [-0.4, -0.2) is 18.1 Å². The number of rotatable bonds is 3. The quantitative estimate of drug-likeness (QED) is 0.607. The second-order valence-corrected chi connectivity index (χ2v) is 5.56. The molecule has 9 heteroatoms. The maximum Gasteiger partial charge on any atom is 0.573 e. The van der Waals surface area contributed by atoms with Gasteiger partial charge in [0.2, 0.25) is 5.78 Å². The molecule has 0 spiro atoms. The third-order valence-electron chi connectivity index (χ3n) is 3.77. The Hall–Kier alpha value is -2.97. The zero-order chi connectivity index (χ0) is 19.1. The van der Waals surface area contributed by atoms with Crippen molar-refractivity contribution in [3.8, 4) is 5.75 Å². The molecule has 136 valence electrons.